The van der Waals surface area contributed by atoms with Gasteiger partial charge in [0.05, 0.1) is 17.4 Å². The van der Waals surface area contributed by atoms with Crippen molar-refractivity contribution in [3.63, 3.8) is 0 Å². The first kappa shape index (κ1) is 19.5. The fourth-order valence-electron chi connectivity index (χ4n) is 4.11. The van der Waals surface area contributed by atoms with Crippen molar-refractivity contribution in [3.05, 3.63) is 35.4 Å². The third-order valence-electron chi connectivity index (χ3n) is 5.30. The fraction of sp³-hybridized carbons (Fsp3) is 0.571. The van der Waals surface area contributed by atoms with Crippen molar-refractivity contribution in [1.82, 2.24) is 0 Å². The SMILES string of the molecule is CC(=O)[C@@H]1C(=O)C[C@](C)(O)[C@H](C(C)=O)[C@@H]1c1ccc(C(C)(C)C)cc1. The molecule has 0 amide bonds. The van der Waals surface area contributed by atoms with Crippen LogP contribution >= 0.6 is 0 Å². The van der Waals surface area contributed by atoms with Crippen LogP contribution in [0.15, 0.2) is 24.3 Å². The van der Waals surface area contributed by atoms with Crippen LogP contribution in [0.1, 0.15) is 65.0 Å². The number of benzene rings is 1. The Bertz CT molecular complexity index is 692. The molecule has 0 saturated heterocycles. The fourth-order valence-corrected chi connectivity index (χ4v) is 4.11. The van der Waals surface area contributed by atoms with Crippen molar-refractivity contribution in [2.45, 2.75) is 64.9 Å². The molecule has 4 nitrogen and oxygen atoms in total. The van der Waals surface area contributed by atoms with Gasteiger partial charge in [-0.3, -0.25) is 14.4 Å². The number of rotatable bonds is 3. The van der Waals surface area contributed by atoms with Crippen molar-refractivity contribution in [3.8, 4) is 0 Å². The van der Waals surface area contributed by atoms with E-state index in [2.05, 4.69) is 20.8 Å². The molecule has 2 rings (SSSR count). The maximum absolute atomic E-state index is 12.5. The number of carbonyl (C=O) groups excluding carboxylic acids is 3. The highest BCUT2D eigenvalue weighted by Gasteiger charge is 2.53. The molecule has 1 fully saturated rings. The molecule has 136 valence electrons. The van der Waals surface area contributed by atoms with Crippen LogP contribution in [0.4, 0.5) is 0 Å². The Labute approximate surface area is 149 Å². The number of ketones is 3. The Morgan fingerprint density at radius 3 is 2.00 bits per heavy atom. The molecule has 0 unspecified atom stereocenters. The first-order valence-corrected chi connectivity index (χ1v) is 8.72. The molecule has 25 heavy (non-hydrogen) atoms. The van der Waals surface area contributed by atoms with Gasteiger partial charge >= 0.3 is 0 Å². The van der Waals surface area contributed by atoms with Gasteiger partial charge < -0.3 is 5.11 Å². The summed E-state index contributed by atoms with van der Waals surface area (Å²) in [4.78, 5) is 37.0. The average molecular weight is 344 g/mol. The Kier molecular flexibility index (Phi) is 5.06. The lowest BCUT2D eigenvalue weighted by Gasteiger charge is -2.44. The summed E-state index contributed by atoms with van der Waals surface area (Å²) in [6, 6.07) is 7.70. The molecule has 4 atom stereocenters. The molecular weight excluding hydrogens is 316 g/mol. The quantitative estimate of drug-likeness (QED) is 0.855. The highest BCUT2D eigenvalue weighted by Crippen LogP contribution is 2.46. The van der Waals surface area contributed by atoms with Crippen LogP contribution < -0.4 is 0 Å². The zero-order valence-electron chi connectivity index (χ0n) is 15.9. The van der Waals surface area contributed by atoms with E-state index in [4.69, 9.17) is 0 Å². The largest absolute Gasteiger partial charge is 0.389 e. The molecule has 0 bridgehead atoms. The number of aliphatic hydroxyl groups is 1. The summed E-state index contributed by atoms with van der Waals surface area (Å²) in [5, 5.41) is 10.7. The highest BCUT2D eigenvalue weighted by atomic mass is 16.3. The zero-order chi connectivity index (χ0) is 19.2. The smallest absolute Gasteiger partial charge is 0.146 e. The predicted molar refractivity (Wildman–Crippen MR) is 96.5 cm³/mol. The van der Waals surface area contributed by atoms with Crippen LogP contribution in [0.5, 0.6) is 0 Å². The van der Waals surface area contributed by atoms with Gasteiger partial charge in [0.25, 0.3) is 0 Å². The van der Waals surface area contributed by atoms with Crippen LogP contribution in [0.3, 0.4) is 0 Å². The Hall–Kier alpha value is -1.81. The maximum Gasteiger partial charge on any atom is 0.146 e. The van der Waals surface area contributed by atoms with Gasteiger partial charge in [-0.2, -0.15) is 0 Å². The number of hydrogen-bond acceptors (Lipinski definition) is 4. The lowest BCUT2D eigenvalue weighted by atomic mass is 9.59. The van der Waals surface area contributed by atoms with E-state index < -0.39 is 23.4 Å². The summed E-state index contributed by atoms with van der Waals surface area (Å²) in [6.45, 7) is 10.6. The van der Waals surface area contributed by atoms with Crippen LogP contribution in [0.25, 0.3) is 0 Å². The molecular formula is C21H28O4. The van der Waals surface area contributed by atoms with E-state index in [1.54, 1.807) is 0 Å². The van der Waals surface area contributed by atoms with Gasteiger partial charge in [0, 0.05) is 12.3 Å². The van der Waals surface area contributed by atoms with E-state index in [9.17, 15) is 19.5 Å². The molecule has 1 saturated carbocycles. The van der Waals surface area contributed by atoms with Crippen LogP contribution in [-0.2, 0) is 19.8 Å². The van der Waals surface area contributed by atoms with Gasteiger partial charge in [-0.05, 0) is 37.3 Å². The Balaban J connectivity index is 2.59. The van der Waals surface area contributed by atoms with E-state index >= 15 is 0 Å². The van der Waals surface area contributed by atoms with Crippen LogP contribution in [0, 0.1) is 11.8 Å². The van der Waals surface area contributed by atoms with Gasteiger partial charge in [-0.1, -0.05) is 45.0 Å². The summed E-state index contributed by atoms with van der Waals surface area (Å²) in [5.74, 6) is -3.03. The summed E-state index contributed by atoms with van der Waals surface area (Å²) < 4.78 is 0. The predicted octanol–water partition coefficient (Wildman–Crippen LogP) is 3.20. The first-order valence-electron chi connectivity index (χ1n) is 8.72. The molecule has 1 aliphatic carbocycles. The Morgan fingerprint density at radius 2 is 1.60 bits per heavy atom. The number of Topliss-reactive ketones (excluding diaryl/α,β-unsaturated/α-hetero) is 3. The van der Waals surface area contributed by atoms with Crippen molar-refractivity contribution in [2.75, 3.05) is 0 Å². The molecule has 0 radical (unpaired) electrons. The van der Waals surface area contributed by atoms with E-state index in [1.807, 2.05) is 24.3 Å². The van der Waals surface area contributed by atoms with E-state index in [0.717, 1.165) is 11.1 Å². The normalized spacial score (nSPS) is 30.2. The number of hydrogen-bond donors (Lipinski definition) is 1. The third kappa shape index (κ3) is 3.74. The van der Waals surface area contributed by atoms with Gasteiger partial charge in [0.15, 0.2) is 0 Å². The zero-order valence-corrected chi connectivity index (χ0v) is 15.9. The minimum absolute atomic E-state index is 0.0215. The van der Waals surface area contributed by atoms with Crippen molar-refractivity contribution in [2.24, 2.45) is 11.8 Å². The Morgan fingerprint density at radius 1 is 1.08 bits per heavy atom. The van der Waals surface area contributed by atoms with Gasteiger partial charge in [-0.25, -0.2) is 0 Å². The minimum atomic E-state index is -1.44. The van der Waals surface area contributed by atoms with E-state index in [1.165, 1.54) is 20.8 Å². The first-order chi connectivity index (χ1) is 11.4. The van der Waals surface area contributed by atoms with Gasteiger partial charge in [0.2, 0.25) is 0 Å². The summed E-state index contributed by atoms with van der Waals surface area (Å²) in [5.41, 5.74) is 0.417. The molecule has 1 N–H and O–H groups in total. The minimum Gasteiger partial charge on any atom is -0.389 e. The van der Waals surface area contributed by atoms with E-state index in [0.29, 0.717) is 0 Å². The molecule has 0 aliphatic heterocycles. The van der Waals surface area contributed by atoms with Gasteiger partial charge in [0.1, 0.15) is 17.3 Å². The molecule has 1 aromatic rings. The summed E-state index contributed by atoms with van der Waals surface area (Å²) >= 11 is 0. The van der Waals surface area contributed by atoms with Crippen LogP contribution in [0.2, 0.25) is 0 Å². The second-order valence-electron chi connectivity index (χ2n) is 8.57. The third-order valence-corrected chi connectivity index (χ3v) is 5.30. The second-order valence-corrected chi connectivity index (χ2v) is 8.57. The lowest BCUT2D eigenvalue weighted by Crippen LogP contribution is -2.53. The van der Waals surface area contributed by atoms with E-state index in [-0.39, 0.29) is 29.2 Å². The van der Waals surface area contributed by atoms with Crippen molar-refractivity contribution < 1.29 is 19.5 Å². The molecule has 0 heterocycles. The summed E-state index contributed by atoms with van der Waals surface area (Å²) in [6.07, 6.45) is -0.169. The average Bonchev–Trinajstić information content (AvgIpc) is 2.43. The van der Waals surface area contributed by atoms with Gasteiger partial charge in [-0.15, -0.1) is 0 Å². The summed E-state index contributed by atoms with van der Waals surface area (Å²) in [7, 11) is 0. The molecule has 0 spiro atoms. The molecule has 1 aromatic carbocycles. The molecule has 0 aromatic heterocycles. The standard InChI is InChI=1S/C21H28O4/c1-12(22)17-16(24)11-21(6,25)19(13(2)23)18(17)14-7-9-15(10-8-14)20(3,4)5/h7-10,17-19,25H,11H2,1-6H3/t17-,18-,19-,21+/m1/s1. The maximum atomic E-state index is 12.5. The van der Waals surface area contributed by atoms with Crippen LogP contribution in [-0.4, -0.2) is 28.1 Å². The second kappa shape index (κ2) is 6.49. The molecule has 4 heteroatoms. The monoisotopic (exact) mass is 344 g/mol. The highest BCUT2D eigenvalue weighted by molar-refractivity contribution is 6.05. The number of carbonyl (C=O) groups is 3. The lowest BCUT2D eigenvalue weighted by molar-refractivity contribution is -0.151. The van der Waals surface area contributed by atoms with Crippen molar-refractivity contribution >= 4 is 17.3 Å². The topological polar surface area (TPSA) is 71.4 Å². The molecule has 1 aliphatic rings. The van der Waals surface area contributed by atoms with Crippen molar-refractivity contribution in [1.29, 1.82) is 0 Å².